The van der Waals surface area contributed by atoms with E-state index in [0.717, 1.165) is 6.92 Å². The van der Waals surface area contributed by atoms with Crippen molar-refractivity contribution in [2.24, 2.45) is 0 Å². The SMILES string of the molecule is CC(Cl)c1noc(C(C)C(C)(F)F)n1. The highest BCUT2D eigenvalue weighted by Gasteiger charge is 2.35. The van der Waals surface area contributed by atoms with Gasteiger partial charge >= 0.3 is 0 Å². The Balaban J connectivity index is 2.87. The van der Waals surface area contributed by atoms with E-state index in [2.05, 4.69) is 14.7 Å². The molecule has 0 bridgehead atoms. The van der Waals surface area contributed by atoms with E-state index in [1.807, 2.05) is 0 Å². The average molecular weight is 225 g/mol. The molecule has 0 radical (unpaired) electrons. The van der Waals surface area contributed by atoms with E-state index >= 15 is 0 Å². The van der Waals surface area contributed by atoms with E-state index in [-0.39, 0.29) is 11.7 Å². The van der Waals surface area contributed by atoms with Crippen LogP contribution in [0.5, 0.6) is 0 Å². The minimum Gasteiger partial charge on any atom is -0.339 e. The van der Waals surface area contributed by atoms with Gasteiger partial charge in [0.2, 0.25) is 5.89 Å². The summed E-state index contributed by atoms with van der Waals surface area (Å²) in [6, 6.07) is 0. The molecule has 0 aromatic carbocycles. The summed E-state index contributed by atoms with van der Waals surface area (Å²) in [5.41, 5.74) is 0. The van der Waals surface area contributed by atoms with Crippen molar-refractivity contribution in [3.8, 4) is 0 Å². The predicted molar refractivity (Wildman–Crippen MR) is 47.6 cm³/mol. The third-order valence-corrected chi connectivity index (χ3v) is 2.14. The smallest absolute Gasteiger partial charge is 0.256 e. The quantitative estimate of drug-likeness (QED) is 0.741. The molecular weight excluding hydrogens is 214 g/mol. The van der Waals surface area contributed by atoms with E-state index in [1.165, 1.54) is 6.92 Å². The zero-order valence-electron chi connectivity index (χ0n) is 8.09. The number of aromatic nitrogens is 2. The van der Waals surface area contributed by atoms with Gasteiger partial charge in [-0.1, -0.05) is 5.16 Å². The minimum atomic E-state index is -2.88. The molecule has 0 spiro atoms. The molecule has 0 aliphatic carbocycles. The van der Waals surface area contributed by atoms with Gasteiger partial charge in [0.25, 0.3) is 5.92 Å². The van der Waals surface area contributed by atoms with Gasteiger partial charge in [0.15, 0.2) is 5.82 Å². The maximum atomic E-state index is 12.9. The van der Waals surface area contributed by atoms with Crippen LogP contribution in [-0.4, -0.2) is 16.1 Å². The first-order valence-corrected chi connectivity index (χ1v) is 4.61. The number of halogens is 3. The maximum absolute atomic E-state index is 12.9. The molecule has 0 amide bonds. The van der Waals surface area contributed by atoms with Crippen molar-refractivity contribution in [1.82, 2.24) is 10.1 Å². The Labute approximate surface area is 85.4 Å². The lowest BCUT2D eigenvalue weighted by Crippen LogP contribution is -2.19. The summed E-state index contributed by atoms with van der Waals surface area (Å²) < 4.78 is 30.4. The molecule has 1 heterocycles. The number of hydrogen-bond acceptors (Lipinski definition) is 3. The first kappa shape index (κ1) is 11.4. The lowest BCUT2D eigenvalue weighted by atomic mass is 10.1. The van der Waals surface area contributed by atoms with Crippen molar-refractivity contribution in [3.05, 3.63) is 11.7 Å². The van der Waals surface area contributed by atoms with Gasteiger partial charge in [-0.3, -0.25) is 0 Å². The second kappa shape index (κ2) is 3.81. The zero-order valence-corrected chi connectivity index (χ0v) is 8.85. The summed E-state index contributed by atoms with van der Waals surface area (Å²) in [5, 5.41) is 3.06. The molecule has 0 aliphatic rings. The van der Waals surface area contributed by atoms with Crippen molar-refractivity contribution in [3.63, 3.8) is 0 Å². The molecule has 2 unspecified atom stereocenters. The summed E-state index contributed by atoms with van der Waals surface area (Å²) in [5.74, 6) is -3.82. The third-order valence-electron chi connectivity index (χ3n) is 1.94. The highest BCUT2D eigenvalue weighted by Crippen LogP contribution is 2.32. The van der Waals surface area contributed by atoms with Crippen LogP contribution in [0.1, 0.15) is 43.8 Å². The first-order valence-electron chi connectivity index (χ1n) is 4.17. The highest BCUT2D eigenvalue weighted by atomic mass is 35.5. The molecule has 1 aromatic rings. The van der Waals surface area contributed by atoms with Gasteiger partial charge in [0, 0.05) is 6.92 Å². The second-order valence-corrected chi connectivity index (χ2v) is 3.94. The van der Waals surface area contributed by atoms with E-state index in [4.69, 9.17) is 11.6 Å². The summed E-state index contributed by atoms with van der Waals surface area (Å²) in [4.78, 5) is 3.79. The number of alkyl halides is 3. The molecule has 0 aliphatic heterocycles. The lowest BCUT2D eigenvalue weighted by molar-refractivity contribution is -0.0114. The van der Waals surface area contributed by atoms with Gasteiger partial charge in [-0.15, -0.1) is 11.6 Å². The van der Waals surface area contributed by atoms with Crippen LogP contribution >= 0.6 is 11.6 Å². The summed E-state index contributed by atoms with van der Waals surface area (Å²) in [6.45, 7) is 3.78. The van der Waals surface area contributed by atoms with Crippen molar-refractivity contribution in [2.75, 3.05) is 0 Å². The predicted octanol–water partition coefficient (Wildman–Crippen LogP) is 3.13. The van der Waals surface area contributed by atoms with Crippen LogP contribution in [0.2, 0.25) is 0 Å². The van der Waals surface area contributed by atoms with Gasteiger partial charge < -0.3 is 4.52 Å². The molecule has 6 heteroatoms. The largest absolute Gasteiger partial charge is 0.339 e. The van der Waals surface area contributed by atoms with Crippen LogP contribution in [0.15, 0.2) is 4.52 Å². The van der Waals surface area contributed by atoms with E-state index in [1.54, 1.807) is 6.92 Å². The maximum Gasteiger partial charge on any atom is 0.256 e. The van der Waals surface area contributed by atoms with Crippen LogP contribution in [0.3, 0.4) is 0 Å². The molecule has 1 rings (SSSR count). The summed E-state index contributed by atoms with van der Waals surface area (Å²) >= 11 is 5.66. The molecule has 1 aromatic heterocycles. The van der Waals surface area contributed by atoms with Crippen molar-refractivity contribution in [1.29, 1.82) is 0 Å². The molecule has 2 atom stereocenters. The molecule has 0 saturated carbocycles. The molecule has 14 heavy (non-hydrogen) atoms. The van der Waals surface area contributed by atoms with E-state index < -0.39 is 17.2 Å². The molecule has 3 nitrogen and oxygen atoms in total. The molecule has 0 N–H and O–H groups in total. The van der Waals surface area contributed by atoms with Crippen LogP contribution in [0.4, 0.5) is 8.78 Å². The fourth-order valence-corrected chi connectivity index (χ4v) is 0.890. The Morgan fingerprint density at radius 2 is 2.00 bits per heavy atom. The van der Waals surface area contributed by atoms with Crippen LogP contribution in [-0.2, 0) is 0 Å². The molecule has 80 valence electrons. The fraction of sp³-hybridized carbons (Fsp3) is 0.750. The number of rotatable bonds is 3. The Kier molecular flexibility index (Phi) is 3.09. The molecule has 0 fully saturated rings. The normalized spacial score (nSPS) is 16.7. The Hall–Kier alpha value is -0.710. The van der Waals surface area contributed by atoms with Crippen LogP contribution < -0.4 is 0 Å². The Morgan fingerprint density at radius 3 is 2.36 bits per heavy atom. The summed E-state index contributed by atoms with van der Waals surface area (Å²) in [6.07, 6.45) is 0. The fourth-order valence-electron chi connectivity index (χ4n) is 0.802. The highest BCUT2D eigenvalue weighted by molar-refractivity contribution is 6.20. The lowest BCUT2D eigenvalue weighted by Gasteiger charge is -2.14. The monoisotopic (exact) mass is 224 g/mol. The Bertz CT molecular complexity index is 309. The molecular formula is C8H11ClF2N2O. The van der Waals surface area contributed by atoms with Gasteiger partial charge in [-0.05, 0) is 13.8 Å². The van der Waals surface area contributed by atoms with Crippen molar-refractivity contribution in [2.45, 2.75) is 38.0 Å². The van der Waals surface area contributed by atoms with Crippen molar-refractivity contribution >= 4 is 11.6 Å². The molecule has 0 saturated heterocycles. The minimum absolute atomic E-state index is 0.0833. The van der Waals surface area contributed by atoms with Gasteiger partial charge in [0.05, 0.1) is 11.3 Å². The first-order chi connectivity index (χ1) is 6.32. The zero-order chi connectivity index (χ0) is 10.9. The van der Waals surface area contributed by atoms with E-state index in [0.29, 0.717) is 0 Å². The van der Waals surface area contributed by atoms with Crippen molar-refractivity contribution < 1.29 is 13.3 Å². The number of nitrogens with zero attached hydrogens (tertiary/aromatic N) is 2. The van der Waals surface area contributed by atoms with E-state index in [9.17, 15) is 8.78 Å². The van der Waals surface area contributed by atoms with Crippen LogP contribution in [0, 0.1) is 0 Å². The van der Waals surface area contributed by atoms with Crippen LogP contribution in [0.25, 0.3) is 0 Å². The second-order valence-electron chi connectivity index (χ2n) is 3.28. The Morgan fingerprint density at radius 1 is 1.43 bits per heavy atom. The van der Waals surface area contributed by atoms with Gasteiger partial charge in [-0.25, -0.2) is 8.78 Å². The third kappa shape index (κ3) is 2.41. The topological polar surface area (TPSA) is 38.9 Å². The number of hydrogen-bond donors (Lipinski definition) is 0. The average Bonchev–Trinajstić information content (AvgIpc) is 2.48. The van der Waals surface area contributed by atoms with Gasteiger partial charge in [0.1, 0.15) is 0 Å². The van der Waals surface area contributed by atoms with Gasteiger partial charge in [-0.2, -0.15) is 4.98 Å². The standard InChI is InChI=1S/C8H11ClF2N2O/c1-4(8(3,10)11)7-12-6(5(2)9)13-14-7/h4-5H,1-3H3. The summed E-state index contributed by atoms with van der Waals surface area (Å²) in [7, 11) is 0.